The second-order valence-corrected chi connectivity index (χ2v) is 2.35. The number of methoxy groups -OCH3 is 1. The molecule has 0 aliphatic heterocycles. The van der Waals surface area contributed by atoms with Crippen LogP contribution in [0.4, 0.5) is 15.9 Å². The van der Waals surface area contributed by atoms with Gasteiger partial charge in [-0.05, 0) is 9.91 Å². The Morgan fingerprint density at radius 2 is 2.36 bits per heavy atom. The number of nitro groups is 1. The number of aromatic nitrogens is 1. The topological polar surface area (TPSA) is 77.3 Å². The van der Waals surface area contributed by atoms with Crippen LogP contribution in [0.25, 0.3) is 0 Å². The second-order valence-electron chi connectivity index (χ2n) is 2.35. The van der Waals surface area contributed by atoms with Gasteiger partial charge in [0.15, 0.2) is 17.6 Å². The fraction of sp³-hybridized carbons (Fsp3) is 0.286. The lowest BCUT2D eigenvalue weighted by Crippen LogP contribution is -2.03. The predicted molar refractivity (Wildman–Crippen MR) is 46.9 cm³/mol. The lowest BCUT2D eigenvalue weighted by Gasteiger charge is -2.07. The number of hydrogen-bond donors (Lipinski definition) is 1. The van der Waals surface area contributed by atoms with Crippen molar-refractivity contribution in [2.24, 2.45) is 0 Å². The van der Waals surface area contributed by atoms with E-state index in [1.54, 1.807) is 0 Å². The minimum Gasteiger partial charge on any atom is -0.491 e. The average molecular weight is 201 g/mol. The van der Waals surface area contributed by atoms with Crippen molar-refractivity contribution in [1.29, 1.82) is 0 Å². The number of rotatable bonds is 3. The molecule has 1 N–H and O–H groups in total. The molecule has 1 aromatic rings. The van der Waals surface area contributed by atoms with E-state index >= 15 is 0 Å². The van der Waals surface area contributed by atoms with E-state index in [0.29, 0.717) is 0 Å². The maximum atomic E-state index is 13.0. The summed E-state index contributed by atoms with van der Waals surface area (Å²) in [5, 5.41) is 13.0. The molecule has 0 saturated heterocycles. The summed E-state index contributed by atoms with van der Waals surface area (Å²) < 4.78 is 17.7. The van der Waals surface area contributed by atoms with Crippen LogP contribution < -0.4 is 10.1 Å². The molecule has 0 fully saturated rings. The van der Waals surface area contributed by atoms with E-state index in [2.05, 4.69) is 15.0 Å². The van der Waals surface area contributed by atoms with E-state index in [-0.39, 0.29) is 11.4 Å². The molecule has 1 aromatic heterocycles. The Hall–Kier alpha value is -1.92. The van der Waals surface area contributed by atoms with E-state index < -0.39 is 16.6 Å². The zero-order chi connectivity index (χ0) is 10.7. The highest BCUT2D eigenvalue weighted by atomic mass is 19.1. The first-order valence-electron chi connectivity index (χ1n) is 3.66. The molecule has 1 rings (SSSR count). The Kier molecular flexibility index (Phi) is 2.80. The van der Waals surface area contributed by atoms with Crippen molar-refractivity contribution in [3.8, 4) is 5.75 Å². The standard InChI is InChI=1S/C7H8FN3O3/c1-9-5-6(14-2)4(8)3-10-7(5)11(12)13/h3,9H,1-2H3. The molecule has 0 unspecified atom stereocenters. The van der Waals surface area contributed by atoms with Crippen LogP contribution in [-0.2, 0) is 0 Å². The summed E-state index contributed by atoms with van der Waals surface area (Å²) in [4.78, 5) is 13.1. The molecular formula is C7H8FN3O3. The van der Waals surface area contributed by atoms with Crippen molar-refractivity contribution < 1.29 is 14.1 Å². The maximum Gasteiger partial charge on any atom is 0.391 e. The normalized spacial score (nSPS) is 9.64. The molecule has 6 nitrogen and oxygen atoms in total. The Balaban J connectivity index is 3.40. The second kappa shape index (κ2) is 3.86. The van der Waals surface area contributed by atoms with Gasteiger partial charge in [-0.3, -0.25) is 0 Å². The van der Waals surface area contributed by atoms with Gasteiger partial charge in [-0.1, -0.05) is 0 Å². The third kappa shape index (κ3) is 1.56. The molecule has 1 heterocycles. The van der Waals surface area contributed by atoms with Crippen LogP contribution in [0, 0.1) is 15.9 Å². The summed E-state index contributed by atoms with van der Waals surface area (Å²) in [7, 11) is 2.65. The Morgan fingerprint density at radius 3 is 2.79 bits per heavy atom. The lowest BCUT2D eigenvalue weighted by atomic mass is 10.3. The fourth-order valence-corrected chi connectivity index (χ4v) is 1.03. The lowest BCUT2D eigenvalue weighted by molar-refractivity contribution is -0.388. The Labute approximate surface area is 78.9 Å². The van der Waals surface area contributed by atoms with Crippen molar-refractivity contribution in [2.45, 2.75) is 0 Å². The molecule has 0 amide bonds. The van der Waals surface area contributed by atoms with E-state index in [9.17, 15) is 14.5 Å². The zero-order valence-electron chi connectivity index (χ0n) is 7.57. The van der Waals surface area contributed by atoms with E-state index in [1.807, 2.05) is 0 Å². The number of anilines is 1. The van der Waals surface area contributed by atoms with E-state index in [4.69, 9.17) is 0 Å². The molecule has 0 aliphatic carbocycles. The van der Waals surface area contributed by atoms with Gasteiger partial charge in [0.1, 0.15) is 0 Å². The molecule has 0 saturated carbocycles. The quantitative estimate of drug-likeness (QED) is 0.586. The molecule has 0 atom stereocenters. The van der Waals surface area contributed by atoms with Gasteiger partial charge >= 0.3 is 5.82 Å². The minimum atomic E-state index is -0.748. The van der Waals surface area contributed by atoms with E-state index in [1.165, 1.54) is 14.2 Å². The highest BCUT2D eigenvalue weighted by Crippen LogP contribution is 2.33. The van der Waals surface area contributed by atoms with Crippen LogP contribution in [0.1, 0.15) is 0 Å². The van der Waals surface area contributed by atoms with E-state index in [0.717, 1.165) is 6.20 Å². The maximum absolute atomic E-state index is 13.0. The number of nitrogens with zero attached hydrogens (tertiary/aromatic N) is 2. The minimum absolute atomic E-state index is 0.0718. The number of ether oxygens (including phenoxy) is 1. The zero-order valence-corrected chi connectivity index (χ0v) is 7.57. The summed E-state index contributed by atoms with van der Waals surface area (Å²) in [5.41, 5.74) is -0.0718. The van der Waals surface area contributed by atoms with Gasteiger partial charge < -0.3 is 20.2 Å². The average Bonchev–Trinajstić information content (AvgIpc) is 2.16. The van der Waals surface area contributed by atoms with Gasteiger partial charge in [0.05, 0.1) is 7.11 Å². The van der Waals surface area contributed by atoms with Crippen LogP contribution in [0.15, 0.2) is 6.20 Å². The summed E-state index contributed by atoms with van der Waals surface area (Å²) >= 11 is 0. The summed E-state index contributed by atoms with van der Waals surface area (Å²) in [6, 6.07) is 0. The van der Waals surface area contributed by atoms with Gasteiger partial charge in [0.2, 0.25) is 5.82 Å². The highest BCUT2D eigenvalue weighted by Gasteiger charge is 2.23. The molecule has 0 spiro atoms. The molecular weight excluding hydrogens is 193 g/mol. The first kappa shape index (κ1) is 10.2. The molecule has 0 aliphatic rings. The molecule has 0 aromatic carbocycles. The number of halogens is 1. The third-order valence-electron chi connectivity index (χ3n) is 1.59. The first-order valence-corrected chi connectivity index (χ1v) is 3.66. The Morgan fingerprint density at radius 1 is 1.71 bits per heavy atom. The van der Waals surface area contributed by atoms with Crippen LogP contribution in [0.2, 0.25) is 0 Å². The third-order valence-corrected chi connectivity index (χ3v) is 1.59. The van der Waals surface area contributed by atoms with Gasteiger partial charge in [0.25, 0.3) is 0 Å². The monoisotopic (exact) mass is 201 g/mol. The van der Waals surface area contributed by atoms with Crippen molar-refractivity contribution in [3.63, 3.8) is 0 Å². The van der Waals surface area contributed by atoms with Crippen molar-refractivity contribution in [1.82, 2.24) is 4.98 Å². The fourth-order valence-electron chi connectivity index (χ4n) is 1.03. The number of hydrogen-bond acceptors (Lipinski definition) is 5. The molecule has 0 bridgehead atoms. The van der Waals surface area contributed by atoms with Crippen LogP contribution in [0.5, 0.6) is 5.75 Å². The predicted octanol–water partition coefficient (Wildman–Crippen LogP) is 1.18. The van der Waals surface area contributed by atoms with Crippen LogP contribution in [0.3, 0.4) is 0 Å². The molecule has 7 heteroatoms. The molecule has 76 valence electrons. The summed E-state index contributed by atoms with van der Waals surface area (Å²) in [5.74, 6) is -1.43. The van der Waals surface area contributed by atoms with Crippen molar-refractivity contribution >= 4 is 11.5 Å². The number of pyridine rings is 1. The van der Waals surface area contributed by atoms with Gasteiger partial charge in [-0.15, -0.1) is 0 Å². The van der Waals surface area contributed by atoms with Crippen molar-refractivity contribution in [2.75, 3.05) is 19.5 Å². The summed E-state index contributed by atoms with van der Waals surface area (Å²) in [6.07, 6.45) is 0.748. The molecule has 14 heavy (non-hydrogen) atoms. The van der Waals surface area contributed by atoms with Gasteiger partial charge in [-0.2, -0.15) is 4.39 Å². The first-order chi connectivity index (χ1) is 6.61. The summed E-state index contributed by atoms with van der Waals surface area (Å²) in [6.45, 7) is 0. The largest absolute Gasteiger partial charge is 0.491 e. The van der Waals surface area contributed by atoms with Crippen LogP contribution >= 0.6 is 0 Å². The van der Waals surface area contributed by atoms with Crippen molar-refractivity contribution in [3.05, 3.63) is 22.1 Å². The highest BCUT2D eigenvalue weighted by molar-refractivity contribution is 5.66. The van der Waals surface area contributed by atoms with Gasteiger partial charge in [0, 0.05) is 7.05 Å². The van der Waals surface area contributed by atoms with Gasteiger partial charge in [-0.25, -0.2) is 0 Å². The van der Waals surface area contributed by atoms with Crippen LogP contribution in [-0.4, -0.2) is 24.1 Å². The number of nitrogens with one attached hydrogen (secondary N) is 1. The SMILES string of the molecule is CNc1c([N+](=O)[O-])ncc(F)c1OC. The molecule has 0 radical (unpaired) electrons. The smallest absolute Gasteiger partial charge is 0.391 e. The Bertz CT molecular complexity index is 369.